The van der Waals surface area contributed by atoms with Gasteiger partial charge in [-0.2, -0.15) is 0 Å². The second-order valence-corrected chi connectivity index (χ2v) is 27.5. The molecular formula is C40H71NO4Si2. The Morgan fingerprint density at radius 2 is 1.64 bits per heavy atom. The maximum Gasteiger partial charge on any atom is 0.243 e. The Kier molecular flexibility index (Phi) is 12.4. The van der Waals surface area contributed by atoms with Crippen LogP contribution in [0.15, 0.2) is 47.1 Å². The van der Waals surface area contributed by atoms with Crippen LogP contribution in [0.2, 0.25) is 36.3 Å². The number of nitrogens with zero attached hydrogens (tertiary/aromatic N) is 1. The maximum atomic E-state index is 13.3. The van der Waals surface area contributed by atoms with Crippen molar-refractivity contribution >= 4 is 22.5 Å². The molecule has 0 spiro atoms. The third-order valence-electron chi connectivity index (χ3n) is 12.7. The zero-order valence-electron chi connectivity index (χ0n) is 33.1. The first-order valence-electron chi connectivity index (χ1n) is 18.6. The predicted octanol–water partition coefficient (Wildman–Crippen LogP) is 11.8. The van der Waals surface area contributed by atoms with Crippen molar-refractivity contribution < 1.29 is 18.5 Å². The van der Waals surface area contributed by atoms with Gasteiger partial charge in [-0.05, 0) is 104 Å². The Morgan fingerprint density at radius 3 is 2.15 bits per heavy atom. The summed E-state index contributed by atoms with van der Waals surface area (Å²) in [6.07, 6.45) is 15.5. The van der Waals surface area contributed by atoms with E-state index in [0.717, 1.165) is 43.3 Å². The second kappa shape index (κ2) is 14.5. The normalized spacial score (nSPS) is 29.4. The molecule has 7 heteroatoms. The molecule has 2 saturated carbocycles. The number of hydroxylamine groups is 2. The fraction of sp³-hybridized carbons (Fsp3) is 0.775. The van der Waals surface area contributed by atoms with E-state index in [4.69, 9.17) is 20.3 Å². The standard InChI is InChI=1S/C40H71NO4Si2/c1-17-33-24-25-35-31(21-20-26-39(33,35)12)22-23-32-27-40(45-47(15,16)38(9,10)11,44-41(30(5)42)34(18-2)19-3)28-36(29(32)4)43-46(13,14)37(6,7)8/h22-24,34-36H,4,17-21,25-28H2,1-3,5-16H3/t35-,36-,39+,40+/m0/s1. The first kappa shape index (κ1) is 40.2. The number of carbonyl (C=O) groups excluding carboxylic acids is 1. The summed E-state index contributed by atoms with van der Waals surface area (Å²) in [5.41, 5.74) is 5.59. The Bertz CT molecular complexity index is 1250. The van der Waals surface area contributed by atoms with Crippen molar-refractivity contribution in [3.8, 4) is 0 Å². The van der Waals surface area contributed by atoms with Crippen LogP contribution in [0.5, 0.6) is 0 Å². The topological polar surface area (TPSA) is 48.0 Å². The summed E-state index contributed by atoms with van der Waals surface area (Å²) in [7, 11) is -4.58. The minimum Gasteiger partial charge on any atom is -0.410 e. The Hall–Kier alpha value is -1.26. The van der Waals surface area contributed by atoms with E-state index in [1.54, 1.807) is 23.1 Å². The minimum atomic E-state index is -2.38. The van der Waals surface area contributed by atoms with E-state index in [9.17, 15) is 4.79 Å². The van der Waals surface area contributed by atoms with Crippen LogP contribution in [-0.4, -0.2) is 45.5 Å². The van der Waals surface area contributed by atoms with Gasteiger partial charge < -0.3 is 8.85 Å². The highest BCUT2D eigenvalue weighted by molar-refractivity contribution is 6.74. The monoisotopic (exact) mass is 685 g/mol. The second-order valence-electron chi connectivity index (χ2n) is 18.0. The highest BCUT2D eigenvalue weighted by Gasteiger charge is 2.53. The number of rotatable bonds is 11. The quantitative estimate of drug-likeness (QED) is 0.0940. The number of amides is 1. The van der Waals surface area contributed by atoms with E-state index >= 15 is 0 Å². The van der Waals surface area contributed by atoms with Crippen LogP contribution in [0.4, 0.5) is 0 Å². The Labute approximate surface area is 291 Å². The fourth-order valence-corrected chi connectivity index (χ4v) is 10.3. The molecular weight excluding hydrogens is 615 g/mol. The largest absolute Gasteiger partial charge is 0.410 e. The molecule has 2 fully saturated rings. The van der Waals surface area contributed by atoms with Gasteiger partial charge in [0.15, 0.2) is 22.4 Å². The van der Waals surface area contributed by atoms with Gasteiger partial charge in [0.05, 0.1) is 12.1 Å². The van der Waals surface area contributed by atoms with Crippen LogP contribution >= 0.6 is 0 Å². The van der Waals surface area contributed by atoms with Gasteiger partial charge in [0.25, 0.3) is 0 Å². The van der Waals surface area contributed by atoms with E-state index in [1.807, 2.05) is 0 Å². The van der Waals surface area contributed by atoms with Crippen LogP contribution < -0.4 is 0 Å². The van der Waals surface area contributed by atoms with Gasteiger partial charge in [-0.25, -0.2) is 9.90 Å². The number of fused-ring (bicyclic) bond motifs is 1. The average Bonchev–Trinajstić information content (AvgIpc) is 3.29. The lowest BCUT2D eigenvalue weighted by Gasteiger charge is -2.52. The van der Waals surface area contributed by atoms with Crippen molar-refractivity contribution in [2.45, 2.75) is 188 Å². The van der Waals surface area contributed by atoms with E-state index in [-0.39, 0.29) is 33.5 Å². The molecule has 0 aliphatic heterocycles. The molecule has 268 valence electrons. The Balaban J connectivity index is 2.21. The van der Waals surface area contributed by atoms with E-state index in [2.05, 4.69) is 114 Å². The zero-order valence-corrected chi connectivity index (χ0v) is 35.1. The summed E-state index contributed by atoms with van der Waals surface area (Å²) in [5.74, 6) is -0.578. The lowest BCUT2D eigenvalue weighted by molar-refractivity contribution is -0.328. The molecule has 0 N–H and O–H groups in total. The molecule has 0 aromatic rings. The Morgan fingerprint density at radius 1 is 1.04 bits per heavy atom. The molecule has 3 aliphatic carbocycles. The van der Waals surface area contributed by atoms with Gasteiger partial charge in [0.1, 0.15) is 0 Å². The van der Waals surface area contributed by atoms with Crippen molar-refractivity contribution in [1.82, 2.24) is 5.06 Å². The molecule has 3 aliphatic rings. The van der Waals surface area contributed by atoms with Gasteiger partial charge in [-0.3, -0.25) is 4.79 Å². The van der Waals surface area contributed by atoms with Crippen LogP contribution in [0.1, 0.15) is 134 Å². The van der Waals surface area contributed by atoms with E-state index < -0.39 is 22.4 Å². The molecule has 5 nitrogen and oxygen atoms in total. The summed E-state index contributed by atoms with van der Waals surface area (Å²) in [4.78, 5) is 20.3. The third-order valence-corrected chi connectivity index (χ3v) is 21.7. The van der Waals surface area contributed by atoms with Crippen molar-refractivity contribution in [3.63, 3.8) is 0 Å². The van der Waals surface area contributed by atoms with Crippen molar-refractivity contribution in [3.05, 3.63) is 47.1 Å². The molecule has 0 aromatic carbocycles. The maximum absolute atomic E-state index is 13.3. The third kappa shape index (κ3) is 8.56. The lowest BCUT2D eigenvalue weighted by Crippen LogP contribution is -2.59. The first-order valence-corrected chi connectivity index (χ1v) is 24.4. The lowest BCUT2D eigenvalue weighted by atomic mass is 9.64. The van der Waals surface area contributed by atoms with Crippen LogP contribution in [0.25, 0.3) is 0 Å². The van der Waals surface area contributed by atoms with Crippen LogP contribution in [-0.2, 0) is 18.5 Å². The molecule has 4 atom stereocenters. The van der Waals surface area contributed by atoms with E-state index in [0.29, 0.717) is 18.8 Å². The SMILES string of the molecule is C=C1C(=CC=C2CCC[C@]3(C)C(CC)=CC[C@@H]23)C[C@@](ON(C(C)=O)C(CC)CC)(O[Si](C)(C)C(C)(C)C)C[C@@H]1O[Si](C)(C)C(C)(C)C. The molecule has 0 radical (unpaired) electrons. The molecule has 1 amide bonds. The van der Waals surface area contributed by atoms with Gasteiger partial charge >= 0.3 is 0 Å². The molecule has 0 heterocycles. The van der Waals surface area contributed by atoms with Gasteiger partial charge in [0.2, 0.25) is 5.91 Å². The van der Waals surface area contributed by atoms with Gasteiger partial charge in [0, 0.05) is 19.8 Å². The minimum absolute atomic E-state index is 0.0281. The number of hydrogen-bond acceptors (Lipinski definition) is 4. The summed E-state index contributed by atoms with van der Waals surface area (Å²) >= 11 is 0. The van der Waals surface area contributed by atoms with Crippen molar-refractivity contribution in [2.24, 2.45) is 11.3 Å². The summed E-state index contributed by atoms with van der Waals surface area (Å²) in [6, 6.07) is -0.0330. The molecule has 0 aromatic heterocycles. The number of hydrogen-bond donors (Lipinski definition) is 0. The highest BCUT2D eigenvalue weighted by atomic mass is 28.4. The summed E-state index contributed by atoms with van der Waals surface area (Å²) in [6.45, 7) is 38.2. The molecule has 0 bridgehead atoms. The number of carbonyl (C=O) groups is 1. The molecule has 47 heavy (non-hydrogen) atoms. The first-order chi connectivity index (χ1) is 21.5. The molecule has 0 unspecified atom stereocenters. The molecule has 3 rings (SSSR count). The highest BCUT2D eigenvalue weighted by Crippen LogP contribution is 2.56. The predicted molar refractivity (Wildman–Crippen MR) is 204 cm³/mol. The average molecular weight is 686 g/mol. The zero-order chi connectivity index (χ0) is 35.8. The van der Waals surface area contributed by atoms with Crippen molar-refractivity contribution in [2.75, 3.05) is 0 Å². The van der Waals surface area contributed by atoms with Crippen molar-refractivity contribution in [1.29, 1.82) is 0 Å². The van der Waals surface area contributed by atoms with Gasteiger partial charge in [-0.15, -0.1) is 0 Å². The fourth-order valence-electron chi connectivity index (χ4n) is 7.54. The van der Waals surface area contributed by atoms with Gasteiger partial charge in [-0.1, -0.05) is 105 Å². The molecule has 0 saturated heterocycles. The van der Waals surface area contributed by atoms with Crippen LogP contribution in [0, 0.1) is 11.3 Å². The summed E-state index contributed by atoms with van der Waals surface area (Å²) < 4.78 is 14.6. The number of allylic oxidation sites excluding steroid dienone is 5. The van der Waals surface area contributed by atoms with E-state index in [1.165, 1.54) is 12.8 Å². The van der Waals surface area contributed by atoms with Crippen LogP contribution in [0.3, 0.4) is 0 Å². The summed E-state index contributed by atoms with van der Waals surface area (Å²) in [5, 5.41) is 1.61. The smallest absolute Gasteiger partial charge is 0.243 e.